The second kappa shape index (κ2) is 5.94. The predicted octanol–water partition coefficient (Wildman–Crippen LogP) is 0.0753. The van der Waals surface area contributed by atoms with E-state index in [9.17, 15) is 13.2 Å². The number of hydrogen-bond donors (Lipinski definition) is 3. The molecule has 0 spiro atoms. The van der Waals surface area contributed by atoms with Crippen LogP contribution < -0.4 is 10.5 Å². The highest BCUT2D eigenvalue weighted by atomic mass is 32.2. The number of nitrogens with one attached hydrogen (secondary N) is 1. The van der Waals surface area contributed by atoms with Crippen LogP contribution in [0.5, 0.6) is 0 Å². The summed E-state index contributed by atoms with van der Waals surface area (Å²) < 4.78 is 26.1. The van der Waals surface area contributed by atoms with Gasteiger partial charge in [0.05, 0.1) is 11.3 Å². The zero-order valence-corrected chi connectivity index (χ0v) is 10.8. The summed E-state index contributed by atoms with van der Waals surface area (Å²) in [5, 5.41) is 8.63. The highest BCUT2D eigenvalue weighted by Gasteiger charge is 2.20. The van der Waals surface area contributed by atoms with E-state index in [1.54, 1.807) is 12.1 Å². The lowest BCUT2D eigenvalue weighted by molar-refractivity contribution is -0.137. The van der Waals surface area contributed by atoms with Crippen LogP contribution in [0.2, 0.25) is 0 Å². The number of aryl methyl sites for hydroxylation is 1. The molecule has 0 heterocycles. The van der Waals surface area contributed by atoms with Crippen LogP contribution in [-0.4, -0.2) is 32.1 Å². The monoisotopic (exact) mass is 272 g/mol. The molecule has 0 radical (unpaired) electrons. The Kier molecular flexibility index (Phi) is 4.83. The van der Waals surface area contributed by atoms with Crippen molar-refractivity contribution in [2.24, 2.45) is 5.73 Å². The van der Waals surface area contributed by atoms with Crippen LogP contribution in [0.4, 0.5) is 0 Å². The highest BCUT2D eigenvalue weighted by Crippen LogP contribution is 2.10. The maximum atomic E-state index is 11.9. The number of rotatable bonds is 6. The lowest BCUT2D eigenvalue weighted by Crippen LogP contribution is -2.41. The van der Waals surface area contributed by atoms with Crippen molar-refractivity contribution in [2.75, 3.05) is 6.54 Å². The molecule has 0 bridgehead atoms. The summed E-state index contributed by atoms with van der Waals surface area (Å²) in [6.07, 6.45) is -0.346. The van der Waals surface area contributed by atoms with E-state index in [1.165, 1.54) is 12.1 Å². The Morgan fingerprint density at radius 3 is 2.39 bits per heavy atom. The van der Waals surface area contributed by atoms with Crippen LogP contribution in [0.25, 0.3) is 0 Å². The van der Waals surface area contributed by atoms with E-state index in [-0.39, 0.29) is 17.9 Å². The van der Waals surface area contributed by atoms with E-state index in [4.69, 9.17) is 10.8 Å². The molecule has 0 saturated carbocycles. The van der Waals surface area contributed by atoms with Gasteiger partial charge in [0, 0.05) is 12.6 Å². The summed E-state index contributed by atoms with van der Waals surface area (Å²) >= 11 is 0. The van der Waals surface area contributed by atoms with E-state index < -0.39 is 22.0 Å². The Hall–Kier alpha value is -1.44. The van der Waals surface area contributed by atoms with Gasteiger partial charge in [0.25, 0.3) is 0 Å². The maximum Gasteiger partial charge on any atom is 0.305 e. The third kappa shape index (κ3) is 4.10. The predicted molar refractivity (Wildman–Crippen MR) is 66.6 cm³/mol. The Morgan fingerprint density at radius 2 is 1.94 bits per heavy atom. The third-order valence-electron chi connectivity index (χ3n) is 2.36. The Bertz CT molecular complexity index is 510. The summed E-state index contributed by atoms with van der Waals surface area (Å²) in [4.78, 5) is 10.6. The van der Waals surface area contributed by atoms with Crippen molar-refractivity contribution in [3.63, 3.8) is 0 Å². The second-order valence-electron chi connectivity index (χ2n) is 3.96. The average molecular weight is 272 g/mol. The summed E-state index contributed by atoms with van der Waals surface area (Å²) in [5.74, 6) is -1.10. The number of hydrogen-bond acceptors (Lipinski definition) is 4. The number of carbonyl (C=O) groups is 1. The molecule has 1 aromatic rings. The van der Waals surface area contributed by atoms with Crippen molar-refractivity contribution in [1.29, 1.82) is 0 Å². The minimum Gasteiger partial charge on any atom is -0.481 e. The molecule has 0 aliphatic carbocycles. The molecule has 1 aromatic carbocycles. The first-order valence-electron chi connectivity index (χ1n) is 5.36. The van der Waals surface area contributed by atoms with Crippen molar-refractivity contribution in [3.8, 4) is 0 Å². The zero-order valence-electron chi connectivity index (χ0n) is 9.96. The van der Waals surface area contributed by atoms with E-state index in [1.807, 2.05) is 6.92 Å². The van der Waals surface area contributed by atoms with Crippen molar-refractivity contribution >= 4 is 16.0 Å². The Labute approximate surface area is 106 Å². The van der Waals surface area contributed by atoms with Crippen molar-refractivity contribution in [2.45, 2.75) is 24.3 Å². The molecule has 0 saturated heterocycles. The molecule has 0 aromatic heterocycles. The van der Waals surface area contributed by atoms with Gasteiger partial charge in [-0.15, -0.1) is 0 Å². The van der Waals surface area contributed by atoms with Gasteiger partial charge in [-0.1, -0.05) is 17.7 Å². The van der Waals surface area contributed by atoms with Crippen LogP contribution in [0.3, 0.4) is 0 Å². The molecule has 0 fully saturated rings. The lowest BCUT2D eigenvalue weighted by Gasteiger charge is -2.15. The molecule has 7 heteroatoms. The van der Waals surface area contributed by atoms with Crippen LogP contribution in [-0.2, 0) is 14.8 Å². The van der Waals surface area contributed by atoms with Gasteiger partial charge < -0.3 is 10.8 Å². The smallest absolute Gasteiger partial charge is 0.305 e. The summed E-state index contributed by atoms with van der Waals surface area (Å²) in [5.41, 5.74) is 6.28. The van der Waals surface area contributed by atoms with E-state index in [0.717, 1.165) is 5.56 Å². The lowest BCUT2D eigenvalue weighted by atomic mass is 10.2. The fourth-order valence-electron chi connectivity index (χ4n) is 1.39. The quantitative estimate of drug-likeness (QED) is 0.679. The average Bonchev–Trinajstić information content (AvgIpc) is 2.27. The summed E-state index contributed by atoms with van der Waals surface area (Å²) in [7, 11) is -3.73. The van der Waals surface area contributed by atoms with Crippen LogP contribution >= 0.6 is 0 Å². The fraction of sp³-hybridized carbons (Fsp3) is 0.364. The minimum atomic E-state index is -3.73. The molecule has 1 rings (SSSR count). The zero-order chi connectivity index (χ0) is 13.8. The van der Waals surface area contributed by atoms with Gasteiger partial charge in [-0.05, 0) is 19.1 Å². The third-order valence-corrected chi connectivity index (χ3v) is 3.90. The first kappa shape index (κ1) is 14.6. The number of benzene rings is 1. The van der Waals surface area contributed by atoms with Gasteiger partial charge in [-0.3, -0.25) is 4.79 Å². The molecule has 0 aliphatic rings. The van der Waals surface area contributed by atoms with Crippen molar-refractivity contribution in [3.05, 3.63) is 29.8 Å². The van der Waals surface area contributed by atoms with E-state index in [2.05, 4.69) is 4.72 Å². The van der Waals surface area contributed by atoms with Gasteiger partial charge in [0.1, 0.15) is 0 Å². The minimum absolute atomic E-state index is 0.0720. The topological polar surface area (TPSA) is 109 Å². The largest absolute Gasteiger partial charge is 0.481 e. The number of carboxylic acid groups (broad SMARTS) is 1. The van der Waals surface area contributed by atoms with Crippen molar-refractivity contribution < 1.29 is 18.3 Å². The van der Waals surface area contributed by atoms with Crippen LogP contribution in [0.1, 0.15) is 12.0 Å². The Balaban J connectivity index is 2.86. The van der Waals surface area contributed by atoms with Gasteiger partial charge in [-0.25, -0.2) is 13.1 Å². The Morgan fingerprint density at radius 1 is 1.39 bits per heavy atom. The molecule has 0 unspecified atom stereocenters. The number of carboxylic acids is 1. The molecule has 0 amide bonds. The molecule has 1 atom stereocenters. The highest BCUT2D eigenvalue weighted by molar-refractivity contribution is 7.89. The number of aliphatic carboxylic acids is 1. The van der Waals surface area contributed by atoms with Crippen LogP contribution in [0.15, 0.2) is 29.2 Å². The van der Waals surface area contributed by atoms with Gasteiger partial charge in [0.2, 0.25) is 10.0 Å². The normalized spacial score (nSPS) is 13.2. The first-order chi connectivity index (χ1) is 8.35. The van der Waals surface area contributed by atoms with Crippen molar-refractivity contribution in [1.82, 2.24) is 4.72 Å². The van der Waals surface area contributed by atoms with Gasteiger partial charge >= 0.3 is 5.97 Å². The first-order valence-corrected chi connectivity index (χ1v) is 6.84. The fourth-order valence-corrected chi connectivity index (χ4v) is 2.64. The van der Waals surface area contributed by atoms with Gasteiger partial charge in [0.15, 0.2) is 0 Å². The maximum absolute atomic E-state index is 11.9. The molecule has 18 heavy (non-hydrogen) atoms. The van der Waals surface area contributed by atoms with E-state index in [0.29, 0.717) is 0 Å². The molecule has 100 valence electrons. The van der Waals surface area contributed by atoms with Gasteiger partial charge in [-0.2, -0.15) is 0 Å². The molecular weight excluding hydrogens is 256 g/mol. The number of sulfonamides is 1. The standard InChI is InChI=1S/C11H16N2O4S/c1-8-2-4-10(5-3-8)18(16,17)13-9(7-12)6-11(14)15/h2-5,9,13H,6-7,12H2,1H3,(H,14,15)/t9-/m1/s1. The molecule has 4 N–H and O–H groups in total. The second-order valence-corrected chi connectivity index (χ2v) is 5.68. The summed E-state index contributed by atoms with van der Waals surface area (Å²) in [6.45, 7) is 1.77. The molecular formula is C11H16N2O4S. The van der Waals surface area contributed by atoms with Crippen LogP contribution in [0, 0.1) is 6.92 Å². The summed E-state index contributed by atoms with van der Waals surface area (Å²) in [6, 6.07) is 5.46. The molecule has 0 aliphatic heterocycles. The van der Waals surface area contributed by atoms with E-state index >= 15 is 0 Å². The molecule has 6 nitrogen and oxygen atoms in total. The number of nitrogens with two attached hydrogens (primary N) is 1. The SMILES string of the molecule is Cc1ccc(S(=O)(=O)N[C@@H](CN)CC(=O)O)cc1.